The maximum absolute atomic E-state index is 13.4. The molecule has 3 rings (SSSR count). The molecule has 0 fully saturated rings. The van der Waals surface area contributed by atoms with Crippen molar-refractivity contribution in [3.05, 3.63) is 110 Å². The summed E-state index contributed by atoms with van der Waals surface area (Å²) in [6, 6.07) is 16.4. The minimum Gasteiger partial charge on any atom is -0.323 e. The Balaban J connectivity index is 2.08. The number of carbonyl (C=O) groups is 1. The highest BCUT2D eigenvalue weighted by atomic mass is 35.5. The van der Waals surface area contributed by atoms with E-state index in [9.17, 15) is 29.3 Å². The van der Waals surface area contributed by atoms with E-state index in [4.69, 9.17) is 23.2 Å². The fourth-order valence-electron chi connectivity index (χ4n) is 3.24. The highest BCUT2D eigenvalue weighted by molar-refractivity contribution is 7.54. The SMILES string of the molecule is O=C(N/N=C\c1cccc([N+](=O)[O-])c1)C(c1ccc(Cl)cc1)(c1ccc(Cl)cc1)P(=O)(O)O. The average Bonchev–Trinajstić information content (AvgIpc) is 2.76. The number of nitro benzene ring substituents is 1. The van der Waals surface area contributed by atoms with Gasteiger partial charge in [0.1, 0.15) is 0 Å². The van der Waals surface area contributed by atoms with Gasteiger partial charge in [-0.05, 0) is 35.4 Å². The Kier molecular flexibility index (Phi) is 7.31. The maximum atomic E-state index is 13.4. The van der Waals surface area contributed by atoms with Crippen LogP contribution in [0.3, 0.4) is 0 Å². The Bertz CT molecular complexity index is 1210. The number of hydrogen-bond donors (Lipinski definition) is 3. The lowest BCUT2D eigenvalue weighted by molar-refractivity contribution is -0.384. The van der Waals surface area contributed by atoms with E-state index in [1.165, 1.54) is 72.8 Å². The number of rotatable bonds is 7. The molecule has 0 aliphatic carbocycles. The molecule has 3 aromatic rings. The lowest BCUT2D eigenvalue weighted by atomic mass is 9.89. The molecule has 0 radical (unpaired) electrons. The fraction of sp³-hybridized carbons (Fsp3) is 0.0476. The summed E-state index contributed by atoms with van der Waals surface area (Å²) >= 11 is 11.9. The van der Waals surface area contributed by atoms with Gasteiger partial charge in [-0.25, -0.2) is 5.43 Å². The molecule has 3 N–H and O–H groups in total. The van der Waals surface area contributed by atoms with E-state index in [1.54, 1.807) is 0 Å². The van der Waals surface area contributed by atoms with Crippen LogP contribution in [-0.4, -0.2) is 26.8 Å². The summed E-state index contributed by atoms with van der Waals surface area (Å²) in [5.74, 6) is -1.12. The van der Waals surface area contributed by atoms with Gasteiger partial charge in [-0.3, -0.25) is 19.5 Å². The van der Waals surface area contributed by atoms with Crippen molar-refractivity contribution in [2.45, 2.75) is 5.16 Å². The first-order valence-corrected chi connectivity index (χ1v) is 11.6. The standard InChI is InChI=1S/C21H16Cl2N3O6P/c22-17-8-4-15(5-9-17)21(33(30,31)32,16-6-10-18(23)11-7-16)20(27)25-24-13-14-2-1-3-19(12-14)26(28)29/h1-13H,(H,25,27)(H2,30,31,32)/b24-13-. The van der Waals surface area contributed by atoms with Gasteiger partial charge in [-0.1, -0.05) is 59.6 Å². The van der Waals surface area contributed by atoms with Crippen molar-refractivity contribution in [2.75, 3.05) is 0 Å². The van der Waals surface area contributed by atoms with E-state index in [1.807, 2.05) is 0 Å². The topological polar surface area (TPSA) is 142 Å². The molecule has 0 unspecified atom stereocenters. The zero-order valence-electron chi connectivity index (χ0n) is 16.6. The van der Waals surface area contributed by atoms with Crippen molar-refractivity contribution in [3.8, 4) is 0 Å². The van der Waals surface area contributed by atoms with Crippen LogP contribution in [0.15, 0.2) is 77.9 Å². The number of non-ortho nitro benzene ring substituents is 1. The number of amides is 1. The molecule has 0 aliphatic heterocycles. The van der Waals surface area contributed by atoms with E-state index >= 15 is 0 Å². The van der Waals surface area contributed by atoms with E-state index in [0.29, 0.717) is 15.6 Å². The van der Waals surface area contributed by atoms with Crippen LogP contribution < -0.4 is 5.43 Å². The molecule has 0 bridgehead atoms. The normalized spacial score (nSPS) is 12.0. The Morgan fingerprint density at radius 3 is 1.97 bits per heavy atom. The van der Waals surface area contributed by atoms with E-state index in [2.05, 4.69) is 10.5 Å². The monoisotopic (exact) mass is 507 g/mol. The fourth-order valence-corrected chi connectivity index (χ4v) is 4.78. The van der Waals surface area contributed by atoms with Gasteiger partial charge in [-0.2, -0.15) is 5.10 Å². The predicted octanol–water partition coefficient (Wildman–Crippen LogP) is 4.47. The maximum Gasteiger partial charge on any atom is 0.350 e. The van der Waals surface area contributed by atoms with Gasteiger partial charge < -0.3 is 9.79 Å². The van der Waals surface area contributed by atoms with E-state index in [0.717, 1.165) is 6.21 Å². The molecular weight excluding hydrogens is 492 g/mol. The summed E-state index contributed by atoms with van der Waals surface area (Å²) in [5, 5.41) is 12.8. The number of benzene rings is 3. The molecule has 33 heavy (non-hydrogen) atoms. The number of hydrogen-bond acceptors (Lipinski definition) is 5. The molecule has 0 saturated heterocycles. The molecule has 1 amide bonds. The highest BCUT2D eigenvalue weighted by Gasteiger charge is 2.56. The van der Waals surface area contributed by atoms with E-state index in [-0.39, 0.29) is 16.8 Å². The van der Waals surface area contributed by atoms with Crippen LogP contribution >= 0.6 is 30.8 Å². The van der Waals surface area contributed by atoms with Gasteiger partial charge >= 0.3 is 7.60 Å². The second-order valence-corrected chi connectivity index (χ2v) is 9.45. The number of halogens is 2. The second-order valence-electron chi connectivity index (χ2n) is 6.82. The molecule has 0 spiro atoms. The van der Waals surface area contributed by atoms with Crippen molar-refractivity contribution in [1.82, 2.24) is 5.43 Å². The Morgan fingerprint density at radius 2 is 1.52 bits per heavy atom. The van der Waals surface area contributed by atoms with Crippen LogP contribution in [0.1, 0.15) is 16.7 Å². The quantitative estimate of drug-likeness (QED) is 0.186. The van der Waals surface area contributed by atoms with Crippen LogP contribution in [0.4, 0.5) is 5.69 Å². The molecule has 9 nitrogen and oxygen atoms in total. The molecule has 0 saturated carbocycles. The first-order chi connectivity index (χ1) is 15.6. The van der Waals surface area contributed by atoms with Gasteiger partial charge in [0.05, 0.1) is 11.1 Å². The van der Waals surface area contributed by atoms with Crippen LogP contribution in [0.25, 0.3) is 0 Å². The van der Waals surface area contributed by atoms with Gasteiger partial charge in [0.25, 0.3) is 11.6 Å². The summed E-state index contributed by atoms with van der Waals surface area (Å²) in [4.78, 5) is 44.5. The first kappa shape index (κ1) is 24.6. The van der Waals surface area contributed by atoms with Crippen molar-refractivity contribution in [3.63, 3.8) is 0 Å². The largest absolute Gasteiger partial charge is 0.350 e. The van der Waals surface area contributed by atoms with E-state index < -0.39 is 23.6 Å². The number of nitrogens with zero attached hydrogens (tertiary/aromatic N) is 2. The highest BCUT2D eigenvalue weighted by Crippen LogP contribution is 2.61. The van der Waals surface area contributed by atoms with Gasteiger partial charge in [0.15, 0.2) is 0 Å². The van der Waals surface area contributed by atoms with Crippen molar-refractivity contribution < 1.29 is 24.1 Å². The molecule has 0 aromatic heterocycles. The number of carbonyl (C=O) groups excluding carboxylic acids is 1. The third kappa shape index (κ3) is 5.13. The van der Waals surface area contributed by atoms with Crippen molar-refractivity contribution in [2.24, 2.45) is 5.10 Å². The second kappa shape index (κ2) is 9.82. The zero-order valence-corrected chi connectivity index (χ0v) is 19.0. The lowest BCUT2D eigenvalue weighted by Crippen LogP contribution is -2.43. The minimum atomic E-state index is -5.23. The molecule has 0 atom stereocenters. The number of nitro groups is 1. The molecule has 0 heterocycles. The van der Waals surface area contributed by atoms with Crippen LogP contribution in [0.2, 0.25) is 10.0 Å². The number of nitrogens with one attached hydrogen (secondary N) is 1. The first-order valence-electron chi connectivity index (χ1n) is 9.21. The van der Waals surface area contributed by atoms with Crippen LogP contribution in [0, 0.1) is 10.1 Å². The summed E-state index contributed by atoms with van der Waals surface area (Å²) in [6.07, 6.45) is 1.12. The Hall–Kier alpha value is -3.07. The Labute approximate surface area is 198 Å². The smallest absolute Gasteiger partial charge is 0.323 e. The third-order valence-electron chi connectivity index (χ3n) is 4.75. The predicted molar refractivity (Wildman–Crippen MR) is 125 cm³/mol. The van der Waals surface area contributed by atoms with Gasteiger partial charge in [0.2, 0.25) is 5.16 Å². The summed E-state index contributed by atoms with van der Waals surface area (Å²) in [7, 11) is -5.23. The van der Waals surface area contributed by atoms with Crippen molar-refractivity contribution in [1.29, 1.82) is 0 Å². The van der Waals surface area contributed by atoms with Crippen LogP contribution in [-0.2, 0) is 14.5 Å². The summed E-state index contributed by atoms with van der Waals surface area (Å²) < 4.78 is 12.9. The van der Waals surface area contributed by atoms with Gasteiger partial charge in [-0.15, -0.1) is 0 Å². The molecular formula is C21H16Cl2N3O6P. The molecule has 3 aromatic carbocycles. The Morgan fingerprint density at radius 1 is 1.00 bits per heavy atom. The molecule has 12 heteroatoms. The lowest BCUT2D eigenvalue weighted by Gasteiger charge is -2.33. The zero-order chi connectivity index (χ0) is 24.2. The van der Waals surface area contributed by atoms with Crippen molar-refractivity contribution >= 4 is 48.6 Å². The number of hydrazone groups is 1. The van der Waals surface area contributed by atoms with Gasteiger partial charge in [0, 0.05) is 27.7 Å². The summed E-state index contributed by atoms with van der Waals surface area (Å²) in [5.41, 5.74) is 2.22. The molecule has 0 aliphatic rings. The average molecular weight is 508 g/mol. The molecule has 170 valence electrons. The minimum absolute atomic E-state index is 0.0226. The third-order valence-corrected chi connectivity index (χ3v) is 6.85. The van der Waals surface area contributed by atoms with Crippen LogP contribution in [0.5, 0.6) is 0 Å². The summed E-state index contributed by atoms with van der Waals surface area (Å²) in [6.45, 7) is 0.